The molecule has 0 saturated heterocycles. The second-order valence-corrected chi connectivity index (χ2v) is 6.20. The summed E-state index contributed by atoms with van der Waals surface area (Å²) in [5, 5.41) is 13.6. The van der Waals surface area contributed by atoms with Gasteiger partial charge in [0.15, 0.2) is 16.6 Å². The first-order valence-electron chi connectivity index (χ1n) is 7.74. The van der Waals surface area contributed by atoms with Gasteiger partial charge >= 0.3 is 0 Å². The fourth-order valence-corrected chi connectivity index (χ4v) is 3.40. The maximum atomic E-state index is 9.80. The Morgan fingerprint density at radius 1 is 1.33 bits per heavy atom. The summed E-state index contributed by atoms with van der Waals surface area (Å²) in [6.07, 6.45) is 4.14. The lowest BCUT2D eigenvalue weighted by Crippen LogP contribution is -2.48. The van der Waals surface area contributed by atoms with Crippen molar-refractivity contribution in [3.63, 3.8) is 0 Å². The third-order valence-corrected chi connectivity index (χ3v) is 4.65. The summed E-state index contributed by atoms with van der Waals surface area (Å²) in [7, 11) is 0. The molecule has 0 spiro atoms. The van der Waals surface area contributed by atoms with E-state index in [-0.39, 0.29) is 19.4 Å². The van der Waals surface area contributed by atoms with Gasteiger partial charge in [-0.1, -0.05) is 0 Å². The molecule has 6 nitrogen and oxygen atoms in total. The van der Waals surface area contributed by atoms with Crippen LogP contribution in [-0.2, 0) is 13.0 Å². The topological polar surface area (TPSA) is 66.9 Å². The number of aliphatic hydroxyl groups excluding tert-OH is 1. The predicted molar refractivity (Wildman–Crippen MR) is 93.1 cm³/mol. The van der Waals surface area contributed by atoms with Gasteiger partial charge < -0.3 is 24.8 Å². The highest BCUT2D eigenvalue weighted by Gasteiger charge is 2.30. The summed E-state index contributed by atoms with van der Waals surface area (Å²) in [5.41, 5.74) is 3.13. The van der Waals surface area contributed by atoms with Gasteiger partial charge in [0.1, 0.15) is 0 Å². The Kier molecular flexibility index (Phi) is 3.95. The van der Waals surface area contributed by atoms with Crippen LogP contribution in [0.3, 0.4) is 0 Å². The van der Waals surface area contributed by atoms with E-state index in [1.54, 1.807) is 12.4 Å². The number of thiocarbonyl (C=S) groups is 1. The van der Waals surface area contributed by atoms with Crippen LogP contribution in [0, 0.1) is 0 Å². The molecule has 2 aliphatic heterocycles. The number of aromatic nitrogens is 1. The first kappa shape index (κ1) is 15.2. The number of anilines is 1. The van der Waals surface area contributed by atoms with Crippen LogP contribution in [0.4, 0.5) is 5.69 Å². The van der Waals surface area contributed by atoms with Crippen molar-refractivity contribution in [1.82, 2.24) is 9.88 Å². The zero-order valence-electron chi connectivity index (χ0n) is 12.9. The summed E-state index contributed by atoms with van der Waals surface area (Å²) in [4.78, 5) is 6.08. The van der Waals surface area contributed by atoms with Crippen LogP contribution in [-0.4, -0.2) is 39.5 Å². The van der Waals surface area contributed by atoms with E-state index in [1.807, 2.05) is 29.2 Å². The van der Waals surface area contributed by atoms with E-state index < -0.39 is 0 Å². The molecule has 7 heteroatoms. The molecule has 0 amide bonds. The molecule has 0 radical (unpaired) electrons. The van der Waals surface area contributed by atoms with Crippen molar-refractivity contribution < 1.29 is 14.6 Å². The monoisotopic (exact) mass is 343 g/mol. The lowest BCUT2D eigenvalue weighted by molar-refractivity contribution is 0.167. The Morgan fingerprint density at radius 2 is 2.12 bits per heavy atom. The van der Waals surface area contributed by atoms with Crippen LogP contribution in [0.25, 0.3) is 0 Å². The molecule has 0 bridgehead atoms. The SMILES string of the molecule is OC[C@H]1Cc2cc3c(cc2CN1C(=S)Nc1cccnc1)OCO3. The second kappa shape index (κ2) is 6.26. The van der Waals surface area contributed by atoms with Gasteiger partial charge in [0.2, 0.25) is 6.79 Å². The zero-order chi connectivity index (χ0) is 16.5. The van der Waals surface area contributed by atoms with Crippen molar-refractivity contribution in [2.24, 2.45) is 0 Å². The van der Waals surface area contributed by atoms with Crippen LogP contribution in [0.1, 0.15) is 11.1 Å². The minimum atomic E-state index is -0.0745. The van der Waals surface area contributed by atoms with E-state index in [0.29, 0.717) is 18.1 Å². The standard InChI is InChI=1S/C17H17N3O3S/c21-9-14-4-11-5-15-16(23-10-22-15)6-12(11)8-20(14)17(24)19-13-2-1-3-18-7-13/h1-3,5-7,14,21H,4,8-10H2,(H,19,24)/t14-/m1/s1. The number of hydrogen-bond donors (Lipinski definition) is 2. The summed E-state index contributed by atoms with van der Waals surface area (Å²) in [5.74, 6) is 1.54. The van der Waals surface area contributed by atoms with E-state index in [4.69, 9.17) is 21.7 Å². The number of pyridine rings is 1. The minimum absolute atomic E-state index is 0.0305. The Bertz CT molecular complexity index is 769. The molecule has 4 rings (SSSR count). The number of aliphatic hydroxyl groups is 1. The lowest BCUT2D eigenvalue weighted by Gasteiger charge is -2.37. The maximum Gasteiger partial charge on any atom is 0.231 e. The fraction of sp³-hybridized carbons (Fsp3) is 0.294. The van der Waals surface area contributed by atoms with E-state index >= 15 is 0 Å². The van der Waals surface area contributed by atoms with Crippen molar-refractivity contribution in [3.8, 4) is 11.5 Å². The maximum absolute atomic E-state index is 9.80. The number of ether oxygens (including phenoxy) is 2. The van der Waals surface area contributed by atoms with Crippen LogP contribution >= 0.6 is 12.2 Å². The lowest BCUT2D eigenvalue weighted by atomic mass is 9.94. The molecule has 0 saturated carbocycles. The number of rotatable bonds is 2. The van der Waals surface area contributed by atoms with Gasteiger partial charge in [-0.15, -0.1) is 0 Å². The van der Waals surface area contributed by atoms with Gasteiger partial charge in [-0.25, -0.2) is 0 Å². The molecule has 0 fully saturated rings. The van der Waals surface area contributed by atoms with Gasteiger partial charge in [0.25, 0.3) is 0 Å². The average Bonchev–Trinajstić information content (AvgIpc) is 3.06. The Balaban J connectivity index is 1.58. The van der Waals surface area contributed by atoms with E-state index in [9.17, 15) is 5.11 Å². The largest absolute Gasteiger partial charge is 0.454 e. The second-order valence-electron chi connectivity index (χ2n) is 5.81. The molecule has 1 atom stereocenters. The number of benzene rings is 1. The molecular weight excluding hydrogens is 326 g/mol. The quantitative estimate of drug-likeness (QED) is 0.808. The van der Waals surface area contributed by atoms with Crippen molar-refractivity contribution >= 4 is 23.0 Å². The highest BCUT2D eigenvalue weighted by Crippen LogP contribution is 2.37. The third-order valence-electron chi connectivity index (χ3n) is 4.32. The Labute approximate surface area is 145 Å². The van der Waals surface area contributed by atoms with E-state index in [0.717, 1.165) is 22.7 Å². The van der Waals surface area contributed by atoms with Gasteiger partial charge in [-0.05, 0) is 54.0 Å². The highest BCUT2D eigenvalue weighted by molar-refractivity contribution is 7.80. The molecule has 0 aliphatic carbocycles. The van der Waals surface area contributed by atoms with Gasteiger partial charge in [-0.3, -0.25) is 4.98 Å². The Morgan fingerprint density at radius 3 is 2.83 bits per heavy atom. The summed E-state index contributed by atoms with van der Waals surface area (Å²) in [6, 6.07) is 7.69. The minimum Gasteiger partial charge on any atom is -0.454 e. The molecule has 124 valence electrons. The van der Waals surface area contributed by atoms with Crippen molar-refractivity contribution in [2.75, 3.05) is 18.7 Å². The summed E-state index contributed by atoms with van der Waals surface area (Å²) in [6.45, 7) is 0.901. The summed E-state index contributed by atoms with van der Waals surface area (Å²) >= 11 is 5.55. The first-order valence-corrected chi connectivity index (χ1v) is 8.15. The van der Waals surface area contributed by atoms with Crippen molar-refractivity contribution in [3.05, 3.63) is 47.8 Å². The van der Waals surface area contributed by atoms with Crippen LogP contribution in [0.5, 0.6) is 11.5 Å². The normalized spacial score (nSPS) is 18.2. The molecule has 1 aromatic carbocycles. The predicted octanol–water partition coefficient (Wildman–Crippen LogP) is 1.93. The smallest absolute Gasteiger partial charge is 0.231 e. The highest BCUT2D eigenvalue weighted by atomic mass is 32.1. The van der Waals surface area contributed by atoms with Gasteiger partial charge in [-0.2, -0.15) is 0 Å². The summed E-state index contributed by atoms with van der Waals surface area (Å²) < 4.78 is 10.9. The van der Waals surface area contributed by atoms with Crippen molar-refractivity contribution in [1.29, 1.82) is 0 Å². The van der Waals surface area contributed by atoms with Crippen molar-refractivity contribution in [2.45, 2.75) is 19.0 Å². The van der Waals surface area contributed by atoms with Crippen LogP contribution in [0.2, 0.25) is 0 Å². The average molecular weight is 343 g/mol. The van der Waals surface area contributed by atoms with Gasteiger partial charge in [0, 0.05) is 12.7 Å². The molecule has 2 aromatic rings. The zero-order valence-corrected chi connectivity index (χ0v) is 13.8. The number of hydrogen-bond acceptors (Lipinski definition) is 5. The number of nitrogens with one attached hydrogen (secondary N) is 1. The molecule has 2 N–H and O–H groups in total. The van der Waals surface area contributed by atoms with E-state index in [1.165, 1.54) is 5.56 Å². The molecule has 0 unspecified atom stereocenters. The fourth-order valence-electron chi connectivity index (χ4n) is 3.07. The number of nitrogens with zero attached hydrogens (tertiary/aromatic N) is 2. The molecule has 2 aliphatic rings. The van der Waals surface area contributed by atoms with Crippen LogP contribution < -0.4 is 14.8 Å². The molecule has 3 heterocycles. The Hall–Kier alpha value is -2.38. The van der Waals surface area contributed by atoms with Crippen LogP contribution in [0.15, 0.2) is 36.7 Å². The van der Waals surface area contributed by atoms with E-state index in [2.05, 4.69) is 10.3 Å². The van der Waals surface area contributed by atoms with Gasteiger partial charge in [0.05, 0.1) is 24.5 Å². The third kappa shape index (κ3) is 2.76. The molecule has 1 aromatic heterocycles. The molecular formula is C17H17N3O3S. The number of fused-ring (bicyclic) bond motifs is 2. The first-order chi connectivity index (χ1) is 11.7. The molecule has 24 heavy (non-hydrogen) atoms.